The number of benzene rings is 2. The Balaban J connectivity index is 2.01. The Morgan fingerprint density at radius 2 is 1.63 bits per heavy atom. The summed E-state index contributed by atoms with van der Waals surface area (Å²) in [5.41, 5.74) is 6.93. The Kier molecular flexibility index (Phi) is 6.25. The van der Waals surface area contributed by atoms with Gasteiger partial charge in [0, 0.05) is 17.4 Å². The molecule has 3 rings (SSSR count). The molecule has 0 bridgehead atoms. The van der Waals surface area contributed by atoms with Crippen molar-refractivity contribution in [1.82, 2.24) is 14.1 Å². The molecule has 3 aromatic rings. The molecule has 8 nitrogen and oxygen atoms in total. The summed E-state index contributed by atoms with van der Waals surface area (Å²) >= 11 is 0. The minimum atomic E-state index is -0.592. The fourth-order valence-electron chi connectivity index (χ4n) is 3.01. The predicted octanol–water partition coefficient (Wildman–Crippen LogP) is 3.15. The number of hydrogen-bond acceptors (Lipinski definition) is 6. The molecule has 0 saturated heterocycles. The number of aromatic nitrogens is 3. The van der Waals surface area contributed by atoms with Gasteiger partial charge in [-0.3, -0.25) is 4.57 Å². The van der Waals surface area contributed by atoms with E-state index in [2.05, 4.69) is 10.3 Å². The fourth-order valence-corrected chi connectivity index (χ4v) is 3.01. The van der Waals surface area contributed by atoms with Crippen molar-refractivity contribution in [3.8, 4) is 5.75 Å². The topological polar surface area (TPSA) is 104 Å². The van der Waals surface area contributed by atoms with E-state index in [1.807, 2.05) is 50.2 Å². The Hall–Kier alpha value is -3.55. The fraction of sp³-hybridized carbons (Fsp3) is 0.318. The molecule has 0 amide bonds. The van der Waals surface area contributed by atoms with Gasteiger partial charge in [0.25, 0.3) is 0 Å². The van der Waals surface area contributed by atoms with Crippen LogP contribution in [-0.4, -0.2) is 20.2 Å². The van der Waals surface area contributed by atoms with Gasteiger partial charge in [0.15, 0.2) is 0 Å². The number of hydrogen-bond donors (Lipinski definition) is 2. The zero-order chi connectivity index (χ0) is 21.8. The standard InChI is InChI=1S/C22H27N5O3/c1-14(2)27-21(28)25-20(24-18-9-11-19(12-10-18)30-15(3)4)26(22(27)29)13-16-5-7-17(23)8-6-16/h5-12,14-15H,13,23H2,1-4H3,(H,24,25,28). The lowest BCUT2D eigenvalue weighted by Gasteiger charge is -2.17. The smallest absolute Gasteiger partial charge is 0.355 e. The summed E-state index contributed by atoms with van der Waals surface area (Å²) in [6, 6.07) is 14.2. The van der Waals surface area contributed by atoms with Gasteiger partial charge >= 0.3 is 11.4 Å². The Bertz CT molecular complexity index is 1110. The summed E-state index contributed by atoms with van der Waals surface area (Å²) in [7, 11) is 0. The molecular weight excluding hydrogens is 382 g/mol. The third kappa shape index (κ3) is 4.89. The second-order valence-corrected chi connectivity index (χ2v) is 7.61. The highest BCUT2D eigenvalue weighted by atomic mass is 16.5. The molecule has 1 aromatic heterocycles. The molecule has 3 N–H and O–H groups in total. The Morgan fingerprint density at radius 1 is 1.00 bits per heavy atom. The van der Waals surface area contributed by atoms with Gasteiger partial charge in [-0.1, -0.05) is 12.1 Å². The van der Waals surface area contributed by atoms with Crippen LogP contribution < -0.4 is 27.2 Å². The number of nitrogen functional groups attached to an aromatic ring is 1. The van der Waals surface area contributed by atoms with Crippen molar-refractivity contribution in [1.29, 1.82) is 0 Å². The SMILES string of the molecule is CC(C)Oc1ccc(Nc2nc(=O)n(C(C)C)c(=O)n2Cc2ccc(N)cc2)cc1. The lowest BCUT2D eigenvalue weighted by Crippen LogP contribution is -2.43. The summed E-state index contributed by atoms with van der Waals surface area (Å²) in [5.74, 6) is 0.911. The molecule has 0 atom stereocenters. The second kappa shape index (κ2) is 8.86. The first kappa shape index (κ1) is 21.2. The molecule has 0 fully saturated rings. The third-order valence-electron chi connectivity index (χ3n) is 4.42. The highest BCUT2D eigenvalue weighted by Gasteiger charge is 2.16. The first-order valence-electron chi connectivity index (χ1n) is 9.86. The van der Waals surface area contributed by atoms with Gasteiger partial charge in [-0.25, -0.2) is 14.2 Å². The molecule has 0 aliphatic rings. The van der Waals surface area contributed by atoms with Crippen LogP contribution in [-0.2, 0) is 6.54 Å². The normalized spacial score (nSPS) is 11.1. The maximum Gasteiger partial charge on any atom is 0.355 e. The van der Waals surface area contributed by atoms with Crippen LogP contribution in [0.4, 0.5) is 17.3 Å². The zero-order valence-electron chi connectivity index (χ0n) is 17.6. The predicted molar refractivity (Wildman–Crippen MR) is 119 cm³/mol. The summed E-state index contributed by atoms with van der Waals surface area (Å²) in [6.07, 6.45) is 0.0687. The van der Waals surface area contributed by atoms with E-state index in [0.717, 1.165) is 15.9 Å². The van der Waals surface area contributed by atoms with E-state index < -0.39 is 11.4 Å². The van der Waals surface area contributed by atoms with Crippen LogP contribution in [0.5, 0.6) is 5.75 Å². The van der Waals surface area contributed by atoms with Gasteiger partial charge in [-0.15, -0.1) is 0 Å². The van der Waals surface area contributed by atoms with Gasteiger partial charge in [-0.2, -0.15) is 4.98 Å². The van der Waals surface area contributed by atoms with Crippen molar-refractivity contribution < 1.29 is 4.74 Å². The zero-order valence-corrected chi connectivity index (χ0v) is 17.6. The average molecular weight is 409 g/mol. The molecule has 1 heterocycles. The van der Waals surface area contributed by atoms with E-state index in [9.17, 15) is 9.59 Å². The van der Waals surface area contributed by atoms with Crippen LogP contribution in [0.3, 0.4) is 0 Å². The molecular formula is C22H27N5O3. The van der Waals surface area contributed by atoms with Crippen molar-refractivity contribution in [2.75, 3.05) is 11.1 Å². The largest absolute Gasteiger partial charge is 0.491 e. The van der Waals surface area contributed by atoms with Crippen molar-refractivity contribution in [2.45, 2.75) is 46.4 Å². The quantitative estimate of drug-likeness (QED) is 0.581. The molecule has 0 saturated carbocycles. The Morgan fingerprint density at radius 3 is 2.20 bits per heavy atom. The van der Waals surface area contributed by atoms with Gasteiger partial charge in [0.2, 0.25) is 5.95 Å². The molecule has 0 aliphatic heterocycles. The molecule has 30 heavy (non-hydrogen) atoms. The minimum Gasteiger partial charge on any atom is -0.491 e. The summed E-state index contributed by atoms with van der Waals surface area (Å²) < 4.78 is 8.24. The highest BCUT2D eigenvalue weighted by Crippen LogP contribution is 2.20. The summed E-state index contributed by atoms with van der Waals surface area (Å²) in [5, 5.41) is 3.09. The van der Waals surface area contributed by atoms with Gasteiger partial charge in [-0.05, 0) is 69.7 Å². The van der Waals surface area contributed by atoms with Crippen LogP contribution in [0.2, 0.25) is 0 Å². The van der Waals surface area contributed by atoms with Crippen LogP contribution >= 0.6 is 0 Å². The van der Waals surface area contributed by atoms with Gasteiger partial charge < -0.3 is 15.8 Å². The summed E-state index contributed by atoms with van der Waals surface area (Å²) in [4.78, 5) is 29.7. The third-order valence-corrected chi connectivity index (χ3v) is 4.42. The van der Waals surface area contributed by atoms with Crippen molar-refractivity contribution in [3.63, 3.8) is 0 Å². The van der Waals surface area contributed by atoms with Crippen LogP contribution in [0.15, 0.2) is 58.1 Å². The first-order chi connectivity index (χ1) is 14.2. The average Bonchev–Trinajstić information content (AvgIpc) is 2.67. The lowest BCUT2D eigenvalue weighted by atomic mass is 10.2. The number of nitrogens with one attached hydrogen (secondary N) is 1. The monoisotopic (exact) mass is 409 g/mol. The maximum atomic E-state index is 13.1. The molecule has 2 aromatic carbocycles. The molecule has 8 heteroatoms. The van der Waals surface area contributed by atoms with Crippen molar-refractivity contribution in [3.05, 3.63) is 75.1 Å². The van der Waals surface area contributed by atoms with E-state index in [-0.39, 0.29) is 24.6 Å². The van der Waals surface area contributed by atoms with Crippen molar-refractivity contribution in [2.24, 2.45) is 0 Å². The van der Waals surface area contributed by atoms with Gasteiger partial charge in [0.1, 0.15) is 5.75 Å². The van der Waals surface area contributed by atoms with Crippen LogP contribution in [0.1, 0.15) is 39.3 Å². The first-order valence-corrected chi connectivity index (χ1v) is 9.86. The number of anilines is 3. The molecule has 0 aliphatic carbocycles. The summed E-state index contributed by atoms with van der Waals surface area (Å²) in [6.45, 7) is 7.71. The number of rotatable bonds is 7. The van der Waals surface area contributed by atoms with E-state index in [1.165, 1.54) is 4.57 Å². The maximum absolute atomic E-state index is 13.1. The number of nitrogens with zero attached hydrogens (tertiary/aromatic N) is 3. The molecule has 0 unspecified atom stereocenters. The van der Waals surface area contributed by atoms with Crippen LogP contribution in [0.25, 0.3) is 0 Å². The van der Waals surface area contributed by atoms with E-state index >= 15 is 0 Å². The minimum absolute atomic E-state index is 0.0687. The molecule has 0 radical (unpaired) electrons. The van der Waals surface area contributed by atoms with E-state index in [4.69, 9.17) is 10.5 Å². The number of ether oxygens (including phenoxy) is 1. The Labute approximate surface area is 175 Å². The second-order valence-electron chi connectivity index (χ2n) is 7.61. The van der Waals surface area contributed by atoms with E-state index in [0.29, 0.717) is 11.4 Å². The van der Waals surface area contributed by atoms with Crippen molar-refractivity contribution >= 4 is 17.3 Å². The van der Waals surface area contributed by atoms with E-state index in [1.54, 1.807) is 26.0 Å². The van der Waals surface area contributed by atoms with Crippen LogP contribution in [0, 0.1) is 0 Å². The lowest BCUT2D eigenvalue weighted by molar-refractivity contribution is 0.242. The van der Waals surface area contributed by atoms with Gasteiger partial charge in [0.05, 0.1) is 12.6 Å². The number of nitrogens with two attached hydrogens (primary N) is 1. The molecule has 0 spiro atoms. The molecule has 158 valence electrons. The highest BCUT2D eigenvalue weighted by molar-refractivity contribution is 5.54.